The molecule has 2 aromatic rings. The maximum atomic E-state index is 12.3. The Morgan fingerprint density at radius 2 is 1.70 bits per heavy atom. The van der Waals surface area contributed by atoms with E-state index in [1.807, 2.05) is 6.92 Å². The number of esters is 1. The number of carbonyl (C=O) groups is 2. The molecule has 1 N–H and O–H groups in total. The average molecular weight is 413 g/mol. The number of hydrogen-bond donors (Lipinski definition) is 1. The van der Waals surface area contributed by atoms with Crippen LogP contribution >= 0.6 is 0 Å². The van der Waals surface area contributed by atoms with Crippen LogP contribution in [0, 0.1) is 0 Å². The fourth-order valence-corrected chi connectivity index (χ4v) is 2.67. The van der Waals surface area contributed by atoms with E-state index in [0.717, 1.165) is 12.8 Å². The maximum Gasteiger partial charge on any atom is 0.338 e. The maximum absolute atomic E-state index is 12.3. The van der Waals surface area contributed by atoms with Crippen LogP contribution in [0.4, 0.5) is 5.69 Å². The summed E-state index contributed by atoms with van der Waals surface area (Å²) in [5.41, 5.74) is 1.59. The van der Waals surface area contributed by atoms with Gasteiger partial charge in [0.05, 0.1) is 33.5 Å². The number of benzene rings is 2. The quantitative estimate of drug-likeness (QED) is 0.355. The predicted octanol–water partition coefficient (Wildman–Crippen LogP) is 4.32. The molecule has 0 aliphatic heterocycles. The van der Waals surface area contributed by atoms with Gasteiger partial charge in [-0.25, -0.2) is 4.79 Å². The summed E-state index contributed by atoms with van der Waals surface area (Å²) in [4.78, 5) is 24.4. The molecule has 0 fully saturated rings. The van der Waals surface area contributed by atoms with E-state index in [4.69, 9.17) is 18.9 Å². The van der Waals surface area contributed by atoms with Gasteiger partial charge in [0.2, 0.25) is 11.7 Å². The molecule has 0 unspecified atom stereocenters. The second-order valence-electron chi connectivity index (χ2n) is 6.35. The largest absolute Gasteiger partial charge is 0.493 e. The van der Waals surface area contributed by atoms with Gasteiger partial charge in [-0.3, -0.25) is 4.79 Å². The Hall–Kier alpha value is -3.48. The number of amides is 1. The monoisotopic (exact) mass is 413 g/mol. The summed E-state index contributed by atoms with van der Waals surface area (Å²) in [6.45, 7) is 2.40. The Bertz CT molecular complexity index is 881. The molecule has 160 valence electrons. The zero-order valence-corrected chi connectivity index (χ0v) is 17.7. The van der Waals surface area contributed by atoms with E-state index in [2.05, 4.69) is 5.32 Å². The van der Waals surface area contributed by atoms with Gasteiger partial charge in [-0.15, -0.1) is 0 Å². The highest BCUT2D eigenvalue weighted by Crippen LogP contribution is 2.38. The first kappa shape index (κ1) is 22.8. The zero-order chi connectivity index (χ0) is 21.9. The van der Waals surface area contributed by atoms with Crippen LogP contribution in [-0.4, -0.2) is 39.8 Å². The van der Waals surface area contributed by atoms with Gasteiger partial charge in [0, 0.05) is 11.8 Å². The third kappa shape index (κ3) is 6.27. The van der Waals surface area contributed by atoms with Crippen molar-refractivity contribution in [3.8, 4) is 17.2 Å². The molecule has 2 rings (SSSR count). The standard InChI is InChI=1S/C23H27NO6/c1-5-6-12-30-23(26)17-8-7-9-18(15-17)24-21(25)11-10-16-13-19(27-2)22(29-4)20(14-16)28-3/h7-11,13-15H,5-6,12H2,1-4H3,(H,24,25). The number of unbranched alkanes of at least 4 members (excludes halogenated alkanes) is 1. The van der Waals surface area contributed by atoms with E-state index in [1.165, 1.54) is 27.4 Å². The van der Waals surface area contributed by atoms with Gasteiger partial charge in [0.1, 0.15) is 0 Å². The lowest BCUT2D eigenvalue weighted by atomic mass is 10.1. The molecule has 1 amide bonds. The van der Waals surface area contributed by atoms with Crippen LogP contribution < -0.4 is 19.5 Å². The van der Waals surface area contributed by atoms with Crippen molar-refractivity contribution in [3.63, 3.8) is 0 Å². The van der Waals surface area contributed by atoms with E-state index in [9.17, 15) is 9.59 Å². The molecular weight excluding hydrogens is 386 g/mol. The molecule has 7 heteroatoms. The van der Waals surface area contributed by atoms with E-state index in [0.29, 0.717) is 40.7 Å². The van der Waals surface area contributed by atoms with Crippen LogP contribution in [0.25, 0.3) is 6.08 Å². The molecule has 0 aliphatic carbocycles. The van der Waals surface area contributed by atoms with Crippen molar-refractivity contribution in [1.82, 2.24) is 0 Å². The predicted molar refractivity (Wildman–Crippen MR) is 115 cm³/mol. The van der Waals surface area contributed by atoms with E-state index >= 15 is 0 Å². The molecule has 0 aromatic heterocycles. The van der Waals surface area contributed by atoms with Gasteiger partial charge >= 0.3 is 5.97 Å². The van der Waals surface area contributed by atoms with Crippen molar-refractivity contribution >= 4 is 23.6 Å². The molecule has 0 bridgehead atoms. The van der Waals surface area contributed by atoms with Gasteiger partial charge in [0.15, 0.2) is 11.5 Å². The molecule has 0 heterocycles. The summed E-state index contributed by atoms with van der Waals surface area (Å²) >= 11 is 0. The summed E-state index contributed by atoms with van der Waals surface area (Å²) in [7, 11) is 4.58. The third-order valence-corrected chi connectivity index (χ3v) is 4.21. The van der Waals surface area contributed by atoms with Crippen molar-refractivity contribution in [3.05, 3.63) is 53.6 Å². The van der Waals surface area contributed by atoms with Gasteiger partial charge < -0.3 is 24.3 Å². The van der Waals surface area contributed by atoms with Crippen LogP contribution in [-0.2, 0) is 9.53 Å². The minimum Gasteiger partial charge on any atom is -0.493 e. The SMILES string of the molecule is CCCCOC(=O)c1cccc(NC(=O)C=Cc2cc(OC)c(OC)c(OC)c2)c1. The molecule has 0 aliphatic rings. The zero-order valence-electron chi connectivity index (χ0n) is 17.7. The van der Waals surface area contributed by atoms with Crippen molar-refractivity contribution in [2.45, 2.75) is 19.8 Å². The van der Waals surface area contributed by atoms with Crippen molar-refractivity contribution in [2.24, 2.45) is 0 Å². The normalized spacial score (nSPS) is 10.5. The highest BCUT2D eigenvalue weighted by Gasteiger charge is 2.12. The Balaban J connectivity index is 2.08. The number of anilines is 1. The Kier molecular flexibility index (Phi) is 8.75. The number of nitrogens with one attached hydrogen (secondary N) is 1. The summed E-state index contributed by atoms with van der Waals surface area (Å²) < 4.78 is 21.1. The smallest absolute Gasteiger partial charge is 0.338 e. The van der Waals surface area contributed by atoms with E-state index in [-0.39, 0.29) is 5.91 Å². The average Bonchev–Trinajstić information content (AvgIpc) is 2.77. The summed E-state index contributed by atoms with van der Waals surface area (Å²) in [6, 6.07) is 10.1. The first-order valence-electron chi connectivity index (χ1n) is 9.58. The second kappa shape index (κ2) is 11.5. The first-order valence-corrected chi connectivity index (χ1v) is 9.58. The molecular formula is C23H27NO6. The van der Waals surface area contributed by atoms with Crippen molar-refractivity contribution < 1.29 is 28.5 Å². The van der Waals surface area contributed by atoms with Gasteiger partial charge in [-0.2, -0.15) is 0 Å². The van der Waals surface area contributed by atoms with Crippen molar-refractivity contribution in [2.75, 3.05) is 33.3 Å². The fraction of sp³-hybridized carbons (Fsp3) is 0.304. The third-order valence-electron chi connectivity index (χ3n) is 4.21. The number of hydrogen-bond acceptors (Lipinski definition) is 6. The Morgan fingerprint density at radius 3 is 2.30 bits per heavy atom. The van der Waals surface area contributed by atoms with Crippen LogP contribution in [0.1, 0.15) is 35.7 Å². The number of rotatable bonds is 10. The van der Waals surface area contributed by atoms with Crippen LogP contribution in [0.2, 0.25) is 0 Å². The molecule has 0 spiro atoms. The van der Waals surface area contributed by atoms with Crippen LogP contribution in [0.15, 0.2) is 42.5 Å². The van der Waals surface area contributed by atoms with Gasteiger partial charge in [-0.1, -0.05) is 19.4 Å². The number of methoxy groups -OCH3 is 3. The fourth-order valence-electron chi connectivity index (χ4n) is 2.67. The van der Waals surface area contributed by atoms with Gasteiger partial charge in [-0.05, 0) is 48.4 Å². The lowest BCUT2D eigenvalue weighted by molar-refractivity contribution is -0.111. The van der Waals surface area contributed by atoms with Crippen LogP contribution in [0.3, 0.4) is 0 Å². The summed E-state index contributed by atoms with van der Waals surface area (Å²) in [5, 5.41) is 2.73. The minimum atomic E-state index is -0.410. The lowest BCUT2D eigenvalue weighted by Crippen LogP contribution is -2.10. The second-order valence-corrected chi connectivity index (χ2v) is 6.35. The molecule has 7 nitrogen and oxygen atoms in total. The number of carbonyl (C=O) groups excluding carboxylic acids is 2. The topological polar surface area (TPSA) is 83.1 Å². The van der Waals surface area contributed by atoms with Crippen LogP contribution in [0.5, 0.6) is 17.2 Å². The first-order chi connectivity index (χ1) is 14.5. The minimum absolute atomic E-state index is 0.347. The lowest BCUT2D eigenvalue weighted by Gasteiger charge is -2.12. The summed E-state index contributed by atoms with van der Waals surface area (Å²) in [5.74, 6) is 0.703. The highest BCUT2D eigenvalue weighted by atomic mass is 16.5. The molecule has 2 aromatic carbocycles. The molecule has 0 radical (unpaired) electrons. The van der Waals surface area contributed by atoms with E-state index in [1.54, 1.807) is 42.5 Å². The molecule has 0 atom stereocenters. The molecule has 0 saturated heterocycles. The Labute approximate surface area is 176 Å². The van der Waals surface area contributed by atoms with Gasteiger partial charge in [0.25, 0.3) is 0 Å². The Morgan fingerprint density at radius 1 is 1.00 bits per heavy atom. The van der Waals surface area contributed by atoms with Crippen molar-refractivity contribution in [1.29, 1.82) is 0 Å². The number of ether oxygens (including phenoxy) is 4. The molecule has 30 heavy (non-hydrogen) atoms. The van der Waals surface area contributed by atoms with E-state index < -0.39 is 5.97 Å². The molecule has 0 saturated carbocycles. The highest BCUT2D eigenvalue weighted by molar-refractivity contribution is 6.02. The summed E-state index contributed by atoms with van der Waals surface area (Å²) in [6.07, 6.45) is 4.77.